The number of rotatable bonds is 4. The largest absolute Gasteiger partial charge is 0.288 e. The van der Waals surface area contributed by atoms with Gasteiger partial charge in [0, 0.05) is 16.3 Å². The van der Waals surface area contributed by atoms with Crippen LogP contribution in [0.4, 0.5) is 0 Å². The molecular weight excluding hydrogens is 289 g/mol. The predicted molar refractivity (Wildman–Crippen MR) is 94.8 cm³/mol. The molecule has 2 nitrogen and oxygen atoms in total. The Morgan fingerprint density at radius 3 is 2.00 bits per heavy atom. The topological polar surface area (TPSA) is 29.4 Å². The monoisotopic (exact) mass is 311 g/mol. The maximum atomic E-state index is 13.8. The van der Waals surface area contributed by atoms with E-state index in [9.17, 15) is 4.57 Å². The Kier molecular flexibility index (Phi) is 4.59. The SMILES string of the molecule is CCC1CC/C(=N\P(=O)(c2ccccc2)c2ccccc2)C1. The summed E-state index contributed by atoms with van der Waals surface area (Å²) >= 11 is 0. The highest BCUT2D eigenvalue weighted by molar-refractivity contribution is 7.77. The van der Waals surface area contributed by atoms with Gasteiger partial charge in [0.25, 0.3) is 0 Å². The second-order valence-electron chi connectivity index (χ2n) is 5.93. The third-order valence-electron chi connectivity index (χ3n) is 4.44. The Balaban J connectivity index is 2.05. The van der Waals surface area contributed by atoms with Crippen molar-refractivity contribution in [2.24, 2.45) is 10.7 Å². The van der Waals surface area contributed by atoms with E-state index in [1.54, 1.807) is 0 Å². The van der Waals surface area contributed by atoms with Crippen molar-refractivity contribution in [3.63, 3.8) is 0 Å². The first-order chi connectivity index (χ1) is 10.7. The molecule has 3 rings (SSSR count). The van der Waals surface area contributed by atoms with E-state index in [4.69, 9.17) is 4.76 Å². The number of hydrogen-bond acceptors (Lipinski definition) is 1. The lowest BCUT2D eigenvalue weighted by Crippen LogP contribution is -2.15. The molecule has 0 heterocycles. The molecule has 1 aliphatic rings. The maximum absolute atomic E-state index is 13.8. The van der Waals surface area contributed by atoms with Crippen LogP contribution in [-0.4, -0.2) is 5.71 Å². The van der Waals surface area contributed by atoms with Crippen molar-refractivity contribution >= 4 is 23.6 Å². The first-order valence-electron chi connectivity index (χ1n) is 8.01. The molecule has 0 aliphatic heterocycles. The summed E-state index contributed by atoms with van der Waals surface area (Å²) in [4.78, 5) is 0. The highest BCUT2D eigenvalue weighted by Gasteiger charge is 2.29. The molecule has 2 aromatic carbocycles. The van der Waals surface area contributed by atoms with Crippen molar-refractivity contribution in [1.82, 2.24) is 0 Å². The van der Waals surface area contributed by atoms with Crippen LogP contribution in [0.1, 0.15) is 32.6 Å². The lowest BCUT2D eigenvalue weighted by molar-refractivity contribution is 0.541. The quantitative estimate of drug-likeness (QED) is 0.761. The fourth-order valence-electron chi connectivity index (χ4n) is 3.07. The minimum Gasteiger partial charge on any atom is -0.288 e. The van der Waals surface area contributed by atoms with E-state index in [0.29, 0.717) is 5.92 Å². The van der Waals surface area contributed by atoms with E-state index >= 15 is 0 Å². The van der Waals surface area contributed by atoms with E-state index < -0.39 is 7.29 Å². The van der Waals surface area contributed by atoms with E-state index in [-0.39, 0.29) is 0 Å². The van der Waals surface area contributed by atoms with Gasteiger partial charge in [-0.2, -0.15) is 0 Å². The lowest BCUT2D eigenvalue weighted by Gasteiger charge is -2.15. The summed E-state index contributed by atoms with van der Waals surface area (Å²) in [5.74, 6) is 0.707. The number of benzene rings is 2. The molecule has 1 saturated carbocycles. The van der Waals surface area contributed by atoms with Gasteiger partial charge in [0.05, 0.1) is 0 Å². The van der Waals surface area contributed by atoms with Gasteiger partial charge in [-0.1, -0.05) is 49.7 Å². The summed E-state index contributed by atoms with van der Waals surface area (Å²) in [5, 5.41) is 1.65. The van der Waals surface area contributed by atoms with Crippen molar-refractivity contribution in [3.8, 4) is 0 Å². The Hall–Kier alpha value is -1.66. The van der Waals surface area contributed by atoms with Crippen LogP contribution in [0.25, 0.3) is 0 Å². The molecule has 0 bridgehead atoms. The van der Waals surface area contributed by atoms with Crippen LogP contribution in [0.3, 0.4) is 0 Å². The minimum atomic E-state index is -2.92. The Morgan fingerprint density at radius 1 is 1.00 bits per heavy atom. The highest BCUT2D eigenvalue weighted by Crippen LogP contribution is 2.46. The van der Waals surface area contributed by atoms with Gasteiger partial charge in [0.2, 0.25) is 7.29 Å². The molecule has 0 aromatic heterocycles. The summed E-state index contributed by atoms with van der Waals surface area (Å²) in [7, 11) is -2.92. The van der Waals surface area contributed by atoms with E-state index in [2.05, 4.69) is 6.92 Å². The Morgan fingerprint density at radius 2 is 1.55 bits per heavy atom. The van der Waals surface area contributed by atoms with Gasteiger partial charge in [-0.05, 0) is 49.4 Å². The molecule has 22 heavy (non-hydrogen) atoms. The average molecular weight is 311 g/mol. The molecule has 1 fully saturated rings. The molecule has 0 radical (unpaired) electrons. The van der Waals surface area contributed by atoms with Gasteiger partial charge in [-0.25, -0.2) is 4.76 Å². The van der Waals surface area contributed by atoms with Gasteiger partial charge in [-0.15, -0.1) is 0 Å². The van der Waals surface area contributed by atoms with Crippen molar-refractivity contribution in [2.75, 3.05) is 0 Å². The van der Waals surface area contributed by atoms with Crippen molar-refractivity contribution in [2.45, 2.75) is 32.6 Å². The number of nitrogens with zero attached hydrogens (tertiary/aromatic N) is 1. The fourth-order valence-corrected chi connectivity index (χ4v) is 5.33. The van der Waals surface area contributed by atoms with Gasteiger partial charge < -0.3 is 0 Å². The van der Waals surface area contributed by atoms with Crippen molar-refractivity contribution < 1.29 is 4.57 Å². The summed E-state index contributed by atoms with van der Waals surface area (Å²) in [6.45, 7) is 2.22. The zero-order valence-electron chi connectivity index (χ0n) is 13.0. The van der Waals surface area contributed by atoms with Gasteiger partial charge in [-0.3, -0.25) is 4.57 Å². The predicted octanol–water partition coefficient (Wildman–Crippen LogP) is 4.57. The molecule has 0 spiro atoms. The summed E-state index contributed by atoms with van der Waals surface area (Å²) in [6, 6.07) is 19.4. The van der Waals surface area contributed by atoms with Crippen LogP contribution in [0.2, 0.25) is 0 Å². The summed E-state index contributed by atoms with van der Waals surface area (Å²) in [6.07, 6.45) is 4.35. The Bertz CT molecular complexity index is 650. The van der Waals surface area contributed by atoms with Crippen LogP contribution in [0, 0.1) is 5.92 Å². The van der Waals surface area contributed by atoms with Crippen LogP contribution in [-0.2, 0) is 4.57 Å². The van der Waals surface area contributed by atoms with E-state index in [1.165, 1.54) is 12.8 Å². The minimum absolute atomic E-state index is 0.707. The molecule has 1 unspecified atom stereocenters. The van der Waals surface area contributed by atoms with Crippen LogP contribution in [0.15, 0.2) is 65.4 Å². The van der Waals surface area contributed by atoms with E-state index in [1.807, 2.05) is 60.7 Å². The standard InChI is InChI=1S/C19H22NOP/c1-2-16-13-14-17(15-16)20-22(21,18-9-5-3-6-10-18)19-11-7-4-8-12-19/h3-12,16H,2,13-15H2,1H3/b20-17+. The maximum Gasteiger partial charge on any atom is 0.247 e. The zero-order valence-corrected chi connectivity index (χ0v) is 13.9. The fraction of sp³-hybridized carbons (Fsp3) is 0.316. The van der Waals surface area contributed by atoms with Crippen LogP contribution >= 0.6 is 7.29 Å². The summed E-state index contributed by atoms with van der Waals surface area (Å²) in [5.41, 5.74) is 1.13. The summed E-state index contributed by atoms with van der Waals surface area (Å²) < 4.78 is 18.6. The molecule has 1 atom stereocenters. The smallest absolute Gasteiger partial charge is 0.247 e. The normalized spacial score (nSPS) is 20.4. The van der Waals surface area contributed by atoms with Crippen molar-refractivity contribution in [3.05, 3.63) is 60.7 Å². The molecular formula is C19H22NOP. The Labute approximate surface area is 132 Å². The molecule has 0 saturated heterocycles. The number of hydrogen-bond donors (Lipinski definition) is 0. The second kappa shape index (κ2) is 6.62. The van der Waals surface area contributed by atoms with Gasteiger partial charge >= 0.3 is 0 Å². The van der Waals surface area contributed by atoms with Crippen LogP contribution in [0.5, 0.6) is 0 Å². The molecule has 3 heteroatoms. The molecule has 0 N–H and O–H groups in total. The molecule has 1 aliphatic carbocycles. The average Bonchev–Trinajstić information content (AvgIpc) is 3.04. The third-order valence-corrected chi connectivity index (χ3v) is 7.00. The van der Waals surface area contributed by atoms with Crippen molar-refractivity contribution in [1.29, 1.82) is 0 Å². The first kappa shape index (κ1) is 15.2. The van der Waals surface area contributed by atoms with E-state index in [0.717, 1.165) is 29.2 Å². The molecule has 0 amide bonds. The first-order valence-corrected chi connectivity index (χ1v) is 9.67. The lowest BCUT2D eigenvalue weighted by atomic mass is 10.1. The third kappa shape index (κ3) is 3.08. The van der Waals surface area contributed by atoms with Crippen LogP contribution < -0.4 is 10.6 Å². The van der Waals surface area contributed by atoms with Gasteiger partial charge in [0.15, 0.2) is 0 Å². The molecule has 114 valence electrons. The second-order valence-corrected chi connectivity index (χ2v) is 8.32. The van der Waals surface area contributed by atoms with Gasteiger partial charge in [0.1, 0.15) is 0 Å². The molecule has 2 aromatic rings. The highest BCUT2D eigenvalue weighted by atomic mass is 31.2. The zero-order chi connectivity index (χ0) is 15.4.